The van der Waals surface area contributed by atoms with Gasteiger partial charge in [0.05, 0.1) is 13.2 Å². The molecule has 1 fully saturated rings. The molecule has 2 nitrogen and oxygen atoms in total. The lowest BCUT2D eigenvalue weighted by molar-refractivity contribution is -0.159. The van der Waals surface area contributed by atoms with E-state index < -0.39 is 11.6 Å². The molecule has 17 heavy (non-hydrogen) atoms. The van der Waals surface area contributed by atoms with Gasteiger partial charge in [-0.3, -0.25) is 0 Å². The fourth-order valence-electron chi connectivity index (χ4n) is 1.80. The maximum Gasteiger partial charge on any atom is 0.176 e. The minimum Gasteiger partial charge on any atom is -0.348 e. The van der Waals surface area contributed by atoms with Crippen LogP contribution in [-0.2, 0) is 9.47 Å². The van der Waals surface area contributed by atoms with E-state index in [0.29, 0.717) is 18.8 Å². The zero-order valence-corrected chi connectivity index (χ0v) is 9.53. The van der Waals surface area contributed by atoms with Crippen LogP contribution in [0.15, 0.2) is 30.4 Å². The van der Waals surface area contributed by atoms with Crippen molar-refractivity contribution in [3.05, 3.63) is 47.5 Å². The van der Waals surface area contributed by atoms with Crippen molar-refractivity contribution in [2.24, 2.45) is 0 Å². The van der Waals surface area contributed by atoms with Gasteiger partial charge in [-0.05, 0) is 24.6 Å². The Morgan fingerprint density at radius 2 is 1.94 bits per heavy atom. The summed E-state index contributed by atoms with van der Waals surface area (Å²) in [7, 11) is 0. The van der Waals surface area contributed by atoms with Crippen LogP contribution in [-0.4, -0.2) is 19.5 Å². The van der Waals surface area contributed by atoms with Crippen molar-refractivity contribution in [3.8, 4) is 0 Å². The maximum absolute atomic E-state index is 13.5. The highest BCUT2D eigenvalue weighted by Gasteiger charge is 2.25. The normalized spacial score (nSPS) is 25.4. The van der Waals surface area contributed by atoms with Crippen LogP contribution < -0.4 is 0 Å². The molecule has 1 aromatic rings. The van der Waals surface area contributed by atoms with E-state index >= 15 is 0 Å². The lowest BCUT2D eigenvalue weighted by Gasteiger charge is -2.28. The first kappa shape index (κ1) is 12.2. The second-order valence-corrected chi connectivity index (χ2v) is 3.90. The van der Waals surface area contributed by atoms with Crippen molar-refractivity contribution < 1.29 is 18.3 Å². The van der Waals surface area contributed by atoms with E-state index in [4.69, 9.17) is 9.47 Å². The third kappa shape index (κ3) is 2.70. The Morgan fingerprint density at radius 1 is 1.24 bits per heavy atom. The number of benzene rings is 1. The van der Waals surface area contributed by atoms with E-state index in [-0.39, 0.29) is 12.2 Å². The summed E-state index contributed by atoms with van der Waals surface area (Å²) in [5.74, 6) is -1.90. The molecule has 0 aromatic heterocycles. The summed E-state index contributed by atoms with van der Waals surface area (Å²) in [6.45, 7) is 2.52. The number of ether oxygens (including phenoxy) is 2. The van der Waals surface area contributed by atoms with Crippen LogP contribution >= 0.6 is 0 Å². The third-order valence-electron chi connectivity index (χ3n) is 2.69. The fourth-order valence-corrected chi connectivity index (χ4v) is 1.80. The molecule has 0 amide bonds. The molecular weight excluding hydrogens is 226 g/mol. The number of allylic oxidation sites excluding steroid dienone is 1. The highest BCUT2D eigenvalue weighted by atomic mass is 19.2. The Labute approximate surface area is 98.8 Å². The summed E-state index contributed by atoms with van der Waals surface area (Å²) in [6.07, 6.45) is 3.22. The van der Waals surface area contributed by atoms with E-state index in [1.807, 2.05) is 13.0 Å². The Hall–Kier alpha value is -1.26. The van der Waals surface area contributed by atoms with Gasteiger partial charge in [0.25, 0.3) is 0 Å². The first-order valence-corrected chi connectivity index (χ1v) is 5.52. The average molecular weight is 240 g/mol. The Bertz CT molecular complexity index is 410. The van der Waals surface area contributed by atoms with Gasteiger partial charge < -0.3 is 9.47 Å². The van der Waals surface area contributed by atoms with Gasteiger partial charge >= 0.3 is 0 Å². The summed E-state index contributed by atoms with van der Waals surface area (Å²) >= 11 is 0. The van der Waals surface area contributed by atoms with Crippen LogP contribution in [0.4, 0.5) is 8.78 Å². The van der Waals surface area contributed by atoms with Crippen LogP contribution in [0.5, 0.6) is 0 Å². The van der Waals surface area contributed by atoms with Gasteiger partial charge in [0.2, 0.25) is 0 Å². The highest BCUT2D eigenvalue weighted by Crippen LogP contribution is 2.26. The van der Waals surface area contributed by atoms with Crippen LogP contribution in [0.3, 0.4) is 0 Å². The molecule has 1 saturated heterocycles. The molecule has 0 aliphatic carbocycles. The van der Waals surface area contributed by atoms with Gasteiger partial charge in [0.1, 0.15) is 0 Å². The molecule has 0 radical (unpaired) electrons. The van der Waals surface area contributed by atoms with E-state index in [0.717, 1.165) is 6.07 Å². The van der Waals surface area contributed by atoms with Crippen molar-refractivity contribution >= 4 is 0 Å². The lowest BCUT2D eigenvalue weighted by atomic mass is 9.99. The van der Waals surface area contributed by atoms with E-state index in [1.165, 1.54) is 6.07 Å². The third-order valence-corrected chi connectivity index (χ3v) is 2.69. The SMILES string of the molecule is C/C=C/C1OCC(c2cccc(F)c2F)CO1. The molecule has 0 spiro atoms. The molecular formula is C13H14F2O2. The summed E-state index contributed by atoms with van der Waals surface area (Å²) in [6, 6.07) is 4.16. The van der Waals surface area contributed by atoms with Gasteiger partial charge in [-0.25, -0.2) is 8.78 Å². The van der Waals surface area contributed by atoms with Crippen molar-refractivity contribution in [1.82, 2.24) is 0 Å². The maximum atomic E-state index is 13.5. The number of hydrogen-bond donors (Lipinski definition) is 0. The average Bonchev–Trinajstić information content (AvgIpc) is 2.34. The van der Waals surface area contributed by atoms with Crippen molar-refractivity contribution in [3.63, 3.8) is 0 Å². The quantitative estimate of drug-likeness (QED) is 0.740. The van der Waals surface area contributed by atoms with E-state index in [1.54, 1.807) is 12.1 Å². The molecule has 0 unspecified atom stereocenters. The van der Waals surface area contributed by atoms with Crippen molar-refractivity contribution in [1.29, 1.82) is 0 Å². The summed E-state index contributed by atoms with van der Waals surface area (Å²) < 4.78 is 37.4. The summed E-state index contributed by atoms with van der Waals surface area (Å²) in [5.41, 5.74) is 0.309. The molecule has 1 aromatic carbocycles. The first-order chi connectivity index (χ1) is 8.22. The molecule has 0 atom stereocenters. The van der Waals surface area contributed by atoms with Crippen molar-refractivity contribution in [2.45, 2.75) is 19.1 Å². The molecule has 92 valence electrons. The zero-order chi connectivity index (χ0) is 12.3. The van der Waals surface area contributed by atoms with Gasteiger partial charge in [0, 0.05) is 5.92 Å². The number of rotatable bonds is 2. The molecule has 0 N–H and O–H groups in total. The van der Waals surface area contributed by atoms with Gasteiger partial charge in [-0.15, -0.1) is 0 Å². The predicted molar refractivity (Wildman–Crippen MR) is 59.6 cm³/mol. The molecule has 1 aliphatic heterocycles. The zero-order valence-electron chi connectivity index (χ0n) is 9.53. The van der Waals surface area contributed by atoms with E-state index in [2.05, 4.69) is 0 Å². The highest BCUT2D eigenvalue weighted by molar-refractivity contribution is 5.23. The molecule has 1 heterocycles. The second-order valence-electron chi connectivity index (χ2n) is 3.90. The number of hydrogen-bond acceptors (Lipinski definition) is 2. The predicted octanol–water partition coefficient (Wildman–Crippen LogP) is 3.00. The largest absolute Gasteiger partial charge is 0.348 e. The second kappa shape index (κ2) is 5.38. The van der Waals surface area contributed by atoms with Gasteiger partial charge in [0.15, 0.2) is 17.9 Å². The van der Waals surface area contributed by atoms with Crippen LogP contribution in [0.25, 0.3) is 0 Å². The minimum absolute atomic E-state index is 0.257. The topological polar surface area (TPSA) is 18.5 Å². The molecule has 1 aliphatic rings. The standard InChI is InChI=1S/C13H14F2O2/c1-2-4-12-16-7-9(8-17-12)10-5-3-6-11(14)13(10)15/h2-6,9,12H,7-8H2,1H3/b4-2+. The minimum atomic E-state index is -0.835. The number of halogens is 2. The monoisotopic (exact) mass is 240 g/mol. The lowest BCUT2D eigenvalue weighted by Crippen LogP contribution is -2.30. The Balaban J connectivity index is 2.08. The summed E-state index contributed by atoms with van der Waals surface area (Å²) in [4.78, 5) is 0. The van der Waals surface area contributed by atoms with Crippen LogP contribution in [0.1, 0.15) is 18.4 Å². The van der Waals surface area contributed by atoms with Crippen molar-refractivity contribution in [2.75, 3.05) is 13.2 Å². The van der Waals surface area contributed by atoms with Crippen LogP contribution in [0.2, 0.25) is 0 Å². The molecule has 0 bridgehead atoms. The van der Waals surface area contributed by atoms with Crippen LogP contribution in [0, 0.1) is 11.6 Å². The Kier molecular flexibility index (Phi) is 3.86. The fraction of sp³-hybridized carbons (Fsp3) is 0.385. The Morgan fingerprint density at radius 3 is 2.59 bits per heavy atom. The van der Waals surface area contributed by atoms with Gasteiger partial charge in [-0.1, -0.05) is 18.2 Å². The van der Waals surface area contributed by atoms with Gasteiger partial charge in [-0.2, -0.15) is 0 Å². The molecule has 0 saturated carbocycles. The molecule has 4 heteroatoms. The molecule has 2 rings (SSSR count). The van der Waals surface area contributed by atoms with E-state index in [9.17, 15) is 8.78 Å². The first-order valence-electron chi connectivity index (χ1n) is 5.52. The summed E-state index contributed by atoms with van der Waals surface area (Å²) in [5, 5.41) is 0. The smallest absolute Gasteiger partial charge is 0.176 e.